The zero-order valence-corrected chi connectivity index (χ0v) is 11.8. The maximum Gasteiger partial charge on any atom is 0.271 e. The fourth-order valence-corrected chi connectivity index (χ4v) is 1.75. The highest BCUT2D eigenvalue weighted by Crippen LogP contribution is 2.24. The molecule has 7 nitrogen and oxygen atoms in total. The van der Waals surface area contributed by atoms with Crippen molar-refractivity contribution in [1.82, 2.24) is 15.3 Å². The first-order valence-corrected chi connectivity index (χ1v) is 6.20. The lowest BCUT2D eigenvalue weighted by atomic mass is 10.2. The number of hydrogen-bond acceptors (Lipinski definition) is 6. The Balaban J connectivity index is 2.07. The summed E-state index contributed by atoms with van der Waals surface area (Å²) in [7, 11) is 3.14. The van der Waals surface area contributed by atoms with Crippen molar-refractivity contribution in [2.75, 3.05) is 20.0 Å². The number of methoxy groups -OCH3 is 2. The summed E-state index contributed by atoms with van der Waals surface area (Å²) in [5, 5.41) is 2.74. The van der Waals surface area contributed by atoms with E-state index in [0.29, 0.717) is 18.0 Å². The van der Waals surface area contributed by atoms with Crippen molar-refractivity contribution in [3.8, 4) is 11.5 Å². The van der Waals surface area contributed by atoms with Crippen molar-refractivity contribution < 1.29 is 14.3 Å². The second-order valence-electron chi connectivity index (χ2n) is 4.19. The number of amides is 1. The molecule has 21 heavy (non-hydrogen) atoms. The van der Waals surface area contributed by atoms with Crippen molar-refractivity contribution in [2.45, 2.75) is 6.54 Å². The molecule has 2 aromatic rings. The summed E-state index contributed by atoms with van der Waals surface area (Å²) in [4.78, 5) is 19.7. The number of carbonyl (C=O) groups excluding carboxylic acids is 1. The van der Waals surface area contributed by atoms with Crippen LogP contribution in [-0.2, 0) is 6.54 Å². The number of nitrogen functional groups attached to an aromatic ring is 1. The van der Waals surface area contributed by atoms with Crippen LogP contribution in [0, 0.1) is 0 Å². The van der Waals surface area contributed by atoms with Gasteiger partial charge in [0, 0.05) is 18.2 Å². The summed E-state index contributed by atoms with van der Waals surface area (Å²) in [6.45, 7) is 0.294. The smallest absolute Gasteiger partial charge is 0.271 e. The predicted octanol–water partition coefficient (Wildman–Crippen LogP) is 1.01. The molecular weight excluding hydrogens is 272 g/mol. The monoisotopic (exact) mass is 288 g/mol. The van der Waals surface area contributed by atoms with E-state index in [1.807, 2.05) is 6.07 Å². The Kier molecular flexibility index (Phi) is 4.55. The lowest BCUT2D eigenvalue weighted by Crippen LogP contribution is -2.24. The molecule has 0 saturated heterocycles. The highest BCUT2D eigenvalue weighted by Gasteiger charge is 2.10. The van der Waals surface area contributed by atoms with Gasteiger partial charge in [-0.3, -0.25) is 9.78 Å². The molecule has 1 aromatic heterocycles. The minimum absolute atomic E-state index is 0.169. The zero-order valence-electron chi connectivity index (χ0n) is 11.8. The van der Waals surface area contributed by atoms with Crippen molar-refractivity contribution in [3.05, 3.63) is 41.9 Å². The van der Waals surface area contributed by atoms with Crippen LogP contribution in [0.25, 0.3) is 0 Å². The first kappa shape index (κ1) is 14.6. The number of ether oxygens (including phenoxy) is 2. The van der Waals surface area contributed by atoms with Gasteiger partial charge in [-0.05, 0) is 12.1 Å². The van der Waals surface area contributed by atoms with Crippen molar-refractivity contribution in [2.24, 2.45) is 0 Å². The number of benzene rings is 1. The first-order chi connectivity index (χ1) is 10.1. The molecule has 0 aliphatic rings. The van der Waals surface area contributed by atoms with Gasteiger partial charge in [-0.1, -0.05) is 0 Å². The van der Waals surface area contributed by atoms with E-state index in [0.717, 1.165) is 5.56 Å². The molecule has 0 unspecified atom stereocenters. The van der Waals surface area contributed by atoms with Gasteiger partial charge < -0.3 is 20.5 Å². The minimum Gasteiger partial charge on any atom is -0.497 e. The Morgan fingerprint density at radius 1 is 1.29 bits per heavy atom. The van der Waals surface area contributed by atoms with Gasteiger partial charge >= 0.3 is 0 Å². The molecule has 3 N–H and O–H groups in total. The topological polar surface area (TPSA) is 99.4 Å². The van der Waals surface area contributed by atoms with Crippen LogP contribution in [0.3, 0.4) is 0 Å². The summed E-state index contributed by atoms with van der Waals surface area (Å²) in [5.74, 6) is 1.16. The van der Waals surface area contributed by atoms with Gasteiger partial charge in [-0.2, -0.15) is 0 Å². The number of nitrogens with zero attached hydrogens (tertiary/aromatic N) is 2. The summed E-state index contributed by atoms with van der Waals surface area (Å²) < 4.78 is 10.4. The van der Waals surface area contributed by atoms with Gasteiger partial charge in [-0.25, -0.2) is 4.98 Å². The van der Waals surface area contributed by atoms with Gasteiger partial charge in [0.1, 0.15) is 23.0 Å². The number of carbonyl (C=O) groups is 1. The maximum atomic E-state index is 12.0. The maximum absolute atomic E-state index is 12.0. The lowest BCUT2D eigenvalue weighted by Gasteiger charge is -2.11. The Bertz CT molecular complexity index is 646. The van der Waals surface area contributed by atoms with E-state index in [1.165, 1.54) is 12.4 Å². The Morgan fingerprint density at radius 2 is 2.10 bits per heavy atom. The molecule has 0 fully saturated rings. The third-order valence-corrected chi connectivity index (χ3v) is 2.82. The van der Waals surface area contributed by atoms with Crippen molar-refractivity contribution in [1.29, 1.82) is 0 Å². The number of rotatable bonds is 5. The third-order valence-electron chi connectivity index (χ3n) is 2.82. The molecule has 0 radical (unpaired) electrons. The van der Waals surface area contributed by atoms with E-state index in [9.17, 15) is 4.79 Å². The van der Waals surface area contributed by atoms with Crippen LogP contribution < -0.4 is 20.5 Å². The average Bonchev–Trinajstić information content (AvgIpc) is 2.52. The predicted molar refractivity (Wildman–Crippen MR) is 77.2 cm³/mol. The first-order valence-electron chi connectivity index (χ1n) is 6.20. The minimum atomic E-state index is -0.354. The molecular formula is C14H16N4O3. The van der Waals surface area contributed by atoms with E-state index in [2.05, 4.69) is 15.3 Å². The van der Waals surface area contributed by atoms with E-state index in [1.54, 1.807) is 26.4 Å². The number of aromatic nitrogens is 2. The lowest BCUT2D eigenvalue weighted by molar-refractivity contribution is 0.0945. The summed E-state index contributed by atoms with van der Waals surface area (Å²) in [6.07, 6.45) is 2.74. The standard InChI is InChI=1S/C14H16N4O3/c1-20-10-4-3-9(12(5-10)21-2)6-17-14(19)11-7-16-8-13(15)18-11/h3-5,7-8H,6H2,1-2H3,(H2,15,18)(H,17,19). The number of anilines is 1. The van der Waals surface area contributed by atoms with Crippen molar-refractivity contribution >= 4 is 11.7 Å². The molecule has 1 heterocycles. The van der Waals surface area contributed by atoms with Crippen LogP contribution in [-0.4, -0.2) is 30.1 Å². The third kappa shape index (κ3) is 3.59. The van der Waals surface area contributed by atoms with Gasteiger partial charge in [0.05, 0.1) is 26.6 Å². The van der Waals surface area contributed by atoms with Crippen LogP contribution in [0.15, 0.2) is 30.6 Å². The molecule has 0 saturated carbocycles. The molecule has 0 aliphatic carbocycles. The quantitative estimate of drug-likeness (QED) is 0.851. The second kappa shape index (κ2) is 6.56. The SMILES string of the molecule is COc1ccc(CNC(=O)c2cncc(N)n2)c(OC)c1. The average molecular weight is 288 g/mol. The van der Waals surface area contributed by atoms with E-state index in [4.69, 9.17) is 15.2 Å². The van der Waals surface area contributed by atoms with Crippen LogP contribution in [0.2, 0.25) is 0 Å². The van der Waals surface area contributed by atoms with Gasteiger partial charge in [0.15, 0.2) is 0 Å². The molecule has 2 rings (SSSR count). The molecule has 1 aromatic carbocycles. The number of nitrogens with two attached hydrogens (primary N) is 1. The molecule has 0 spiro atoms. The van der Waals surface area contributed by atoms with E-state index < -0.39 is 0 Å². The van der Waals surface area contributed by atoms with Crippen LogP contribution in [0.1, 0.15) is 16.1 Å². The largest absolute Gasteiger partial charge is 0.497 e. The number of nitrogens with one attached hydrogen (secondary N) is 1. The number of hydrogen-bond donors (Lipinski definition) is 2. The molecule has 0 bridgehead atoms. The van der Waals surface area contributed by atoms with E-state index in [-0.39, 0.29) is 17.4 Å². The van der Waals surface area contributed by atoms with Crippen LogP contribution in [0.4, 0.5) is 5.82 Å². The molecule has 1 amide bonds. The van der Waals surface area contributed by atoms with Crippen LogP contribution >= 0.6 is 0 Å². The van der Waals surface area contributed by atoms with E-state index >= 15 is 0 Å². The fourth-order valence-electron chi connectivity index (χ4n) is 1.75. The van der Waals surface area contributed by atoms with Crippen molar-refractivity contribution in [3.63, 3.8) is 0 Å². The second-order valence-corrected chi connectivity index (χ2v) is 4.19. The molecule has 110 valence electrons. The zero-order chi connectivity index (χ0) is 15.2. The van der Waals surface area contributed by atoms with Crippen LogP contribution in [0.5, 0.6) is 11.5 Å². The summed E-state index contributed by atoms with van der Waals surface area (Å²) in [5.41, 5.74) is 6.49. The van der Waals surface area contributed by atoms with Gasteiger partial charge in [-0.15, -0.1) is 0 Å². The summed E-state index contributed by atoms with van der Waals surface area (Å²) >= 11 is 0. The Labute approximate surface area is 122 Å². The molecule has 7 heteroatoms. The highest BCUT2D eigenvalue weighted by molar-refractivity contribution is 5.92. The molecule has 0 atom stereocenters. The fraction of sp³-hybridized carbons (Fsp3) is 0.214. The van der Waals surface area contributed by atoms with Gasteiger partial charge in [0.25, 0.3) is 5.91 Å². The normalized spacial score (nSPS) is 10.0. The Hall–Kier alpha value is -2.83. The highest BCUT2D eigenvalue weighted by atomic mass is 16.5. The Morgan fingerprint density at radius 3 is 2.76 bits per heavy atom. The van der Waals surface area contributed by atoms with Gasteiger partial charge in [0.2, 0.25) is 0 Å². The molecule has 0 aliphatic heterocycles. The summed E-state index contributed by atoms with van der Waals surface area (Å²) in [6, 6.07) is 5.37.